The maximum absolute atomic E-state index is 11.9. The molecule has 0 saturated carbocycles. The van der Waals surface area contributed by atoms with E-state index in [2.05, 4.69) is 22.7 Å². The van der Waals surface area contributed by atoms with E-state index in [0.717, 1.165) is 19.4 Å². The van der Waals surface area contributed by atoms with Crippen molar-refractivity contribution in [2.45, 2.75) is 31.8 Å². The molecule has 0 spiro atoms. The molecule has 1 aromatic heterocycles. The summed E-state index contributed by atoms with van der Waals surface area (Å²) in [5, 5.41) is 10.4. The van der Waals surface area contributed by atoms with Gasteiger partial charge >= 0.3 is 0 Å². The summed E-state index contributed by atoms with van der Waals surface area (Å²) in [7, 11) is 1.77. The Kier molecular flexibility index (Phi) is 3.24. The second kappa shape index (κ2) is 4.65. The molecular weight excluding hydrogens is 204 g/mol. The van der Waals surface area contributed by atoms with Gasteiger partial charge in [0.15, 0.2) is 0 Å². The van der Waals surface area contributed by atoms with Crippen LogP contribution in [0.4, 0.5) is 0 Å². The van der Waals surface area contributed by atoms with Crippen molar-refractivity contribution < 1.29 is 4.79 Å². The highest BCUT2D eigenvalue weighted by Gasteiger charge is 2.20. The fourth-order valence-corrected chi connectivity index (χ4v) is 1.98. The lowest BCUT2D eigenvalue weighted by Crippen LogP contribution is -2.48. The van der Waals surface area contributed by atoms with Gasteiger partial charge in [0, 0.05) is 31.9 Å². The fourth-order valence-electron chi connectivity index (χ4n) is 1.98. The Balaban J connectivity index is 1.91. The molecule has 1 aliphatic heterocycles. The van der Waals surface area contributed by atoms with Crippen LogP contribution in [0, 0.1) is 0 Å². The van der Waals surface area contributed by atoms with E-state index in [-0.39, 0.29) is 11.9 Å². The largest absolute Gasteiger partial charge is 0.347 e. The van der Waals surface area contributed by atoms with Gasteiger partial charge in [-0.15, -0.1) is 0 Å². The third-order valence-electron chi connectivity index (χ3n) is 3.05. The highest BCUT2D eigenvalue weighted by atomic mass is 16.2. The lowest BCUT2D eigenvalue weighted by Gasteiger charge is -2.28. The summed E-state index contributed by atoms with van der Waals surface area (Å²) in [6, 6.07) is 2.53. The molecule has 0 bridgehead atoms. The molecule has 1 amide bonds. The van der Waals surface area contributed by atoms with Crippen LogP contribution >= 0.6 is 0 Å². The van der Waals surface area contributed by atoms with E-state index in [1.54, 1.807) is 24.0 Å². The Morgan fingerprint density at radius 3 is 3.00 bits per heavy atom. The Morgan fingerprint density at radius 2 is 2.44 bits per heavy atom. The van der Waals surface area contributed by atoms with Gasteiger partial charge in [0.25, 0.3) is 5.91 Å². The zero-order chi connectivity index (χ0) is 11.5. The molecule has 0 aromatic carbocycles. The Labute approximate surface area is 95.2 Å². The summed E-state index contributed by atoms with van der Waals surface area (Å²) >= 11 is 0. The number of rotatable bonds is 2. The van der Waals surface area contributed by atoms with E-state index >= 15 is 0 Å². The minimum absolute atomic E-state index is 0.0404. The Morgan fingerprint density at radius 1 is 1.62 bits per heavy atom. The maximum Gasteiger partial charge on any atom is 0.269 e. The van der Waals surface area contributed by atoms with Gasteiger partial charge in [-0.1, -0.05) is 0 Å². The first-order valence-corrected chi connectivity index (χ1v) is 5.69. The molecule has 1 aromatic rings. The van der Waals surface area contributed by atoms with E-state index < -0.39 is 0 Å². The number of aromatic nitrogens is 2. The Hall–Kier alpha value is -1.36. The van der Waals surface area contributed by atoms with Crippen LogP contribution in [-0.2, 0) is 7.05 Å². The molecule has 16 heavy (non-hydrogen) atoms. The van der Waals surface area contributed by atoms with Crippen LogP contribution in [0.1, 0.15) is 30.3 Å². The molecule has 5 nitrogen and oxygen atoms in total. The zero-order valence-corrected chi connectivity index (χ0v) is 9.73. The van der Waals surface area contributed by atoms with Crippen molar-refractivity contribution in [2.75, 3.05) is 6.54 Å². The summed E-state index contributed by atoms with van der Waals surface area (Å²) < 4.78 is 1.59. The first-order valence-electron chi connectivity index (χ1n) is 5.69. The van der Waals surface area contributed by atoms with Crippen molar-refractivity contribution in [3.05, 3.63) is 18.0 Å². The molecule has 1 fully saturated rings. The van der Waals surface area contributed by atoms with Gasteiger partial charge in [-0.3, -0.25) is 9.48 Å². The average Bonchev–Trinajstić information content (AvgIpc) is 2.68. The lowest BCUT2D eigenvalue weighted by molar-refractivity contribution is 0.0918. The number of aryl methyl sites for hydroxylation is 1. The smallest absolute Gasteiger partial charge is 0.269 e. The summed E-state index contributed by atoms with van der Waals surface area (Å²) in [5.41, 5.74) is 0.610. The topological polar surface area (TPSA) is 59.0 Å². The van der Waals surface area contributed by atoms with Gasteiger partial charge in [0.05, 0.1) is 0 Å². The van der Waals surface area contributed by atoms with Crippen LogP contribution < -0.4 is 10.6 Å². The van der Waals surface area contributed by atoms with E-state index in [9.17, 15) is 4.79 Å². The number of carbonyl (C=O) groups is 1. The summed E-state index contributed by atoms with van der Waals surface area (Å²) in [6.07, 6.45) is 3.78. The number of nitrogens with one attached hydrogen (secondary N) is 2. The second-order valence-corrected chi connectivity index (χ2v) is 4.40. The molecule has 0 radical (unpaired) electrons. The third-order valence-corrected chi connectivity index (χ3v) is 3.05. The van der Waals surface area contributed by atoms with E-state index in [1.807, 2.05) is 0 Å². The molecule has 2 heterocycles. The van der Waals surface area contributed by atoms with Gasteiger partial charge in [0.1, 0.15) is 5.69 Å². The van der Waals surface area contributed by atoms with Gasteiger partial charge in [-0.2, -0.15) is 5.10 Å². The second-order valence-electron chi connectivity index (χ2n) is 4.40. The normalized spacial score (nSPS) is 25.4. The molecule has 1 saturated heterocycles. The summed E-state index contributed by atoms with van der Waals surface area (Å²) in [6.45, 7) is 3.02. The number of hydrogen-bond donors (Lipinski definition) is 2. The van der Waals surface area contributed by atoms with Crippen molar-refractivity contribution in [2.24, 2.45) is 7.05 Å². The van der Waals surface area contributed by atoms with Crippen molar-refractivity contribution >= 4 is 5.91 Å². The van der Waals surface area contributed by atoms with Crippen LogP contribution in [0.3, 0.4) is 0 Å². The quantitative estimate of drug-likeness (QED) is 0.756. The molecule has 2 unspecified atom stereocenters. The molecule has 2 rings (SSSR count). The number of amides is 1. The molecule has 2 N–H and O–H groups in total. The fraction of sp³-hybridized carbons (Fsp3) is 0.636. The standard InChI is InChI=1S/C11H18N4O/c1-8-3-4-9(7-12-8)14-11(16)10-5-6-13-15(10)2/h5-6,8-9,12H,3-4,7H2,1-2H3,(H,14,16). The summed E-state index contributed by atoms with van der Waals surface area (Å²) in [5.74, 6) is -0.0404. The van der Waals surface area contributed by atoms with Crippen LogP contribution in [0.15, 0.2) is 12.3 Å². The van der Waals surface area contributed by atoms with Gasteiger partial charge in [0.2, 0.25) is 0 Å². The monoisotopic (exact) mass is 222 g/mol. The van der Waals surface area contributed by atoms with E-state index in [0.29, 0.717) is 11.7 Å². The van der Waals surface area contributed by atoms with Gasteiger partial charge < -0.3 is 10.6 Å². The average molecular weight is 222 g/mol. The van der Waals surface area contributed by atoms with Crippen LogP contribution in [0.2, 0.25) is 0 Å². The first-order chi connectivity index (χ1) is 7.66. The molecule has 88 valence electrons. The SMILES string of the molecule is CC1CCC(NC(=O)c2ccnn2C)CN1. The number of carbonyl (C=O) groups excluding carboxylic acids is 1. The highest BCUT2D eigenvalue weighted by molar-refractivity contribution is 5.92. The molecule has 1 aliphatic rings. The van der Waals surface area contributed by atoms with Crippen LogP contribution in [-0.4, -0.2) is 34.3 Å². The van der Waals surface area contributed by atoms with Crippen LogP contribution in [0.5, 0.6) is 0 Å². The number of hydrogen-bond acceptors (Lipinski definition) is 3. The first kappa shape index (κ1) is 11.1. The lowest BCUT2D eigenvalue weighted by atomic mass is 10.0. The van der Waals surface area contributed by atoms with Crippen molar-refractivity contribution in [1.82, 2.24) is 20.4 Å². The highest BCUT2D eigenvalue weighted by Crippen LogP contribution is 2.08. The predicted octanol–water partition coefficient (Wildman–Crippen LogP) is 0.290. The third kappa shape index (κ3) is 2.41. The predicted molar refractivity (Wildman–Crippen MR) is 61.2 cm³/mol. The number of nitrogens with zero attached hydrogens (tertiary/aromatic N) is 2. The molecule has 2 atom stereocenters. The molecule has 5 heteroatoms. The van der Waals surface area contributed by atoms with E-state index in [1.165, 1.54) is 0 Å². The minimum atomic E-state index is -0.0404. The van der Waals surface area contributed by atoms with E-state index in [4.69, 9.17) is 0 Å². The zero-order valence-electron chi connectivity index (χ0n) is 9.73. The van der Waals surface area contributed by atoms with Crippen molar-refractivity contribution in [3.8, 4) is 0 Å². The molecule has 0 aliphatic carbocycles. The number of piperidine rings is 1. The minimum Gasteiger partial charge on any atom is -0.347 e. The van der Waals surface area contributed by atoms with Gasteiger partial charge in [-0.25, -0.2) is 0 Å². The summed E-state index contributed by atoms with van der Waals surface area (Å²) in [4.78, 5) is 11.9. The van der Waals surface area contributed by atoms with Gasteiger partial charge in [-0.05, 0) is 25.8 Å². The molecular formula is C11H18N4O. The maximum atomic E-state index is 11.9. The van der Waals surface area contributed by atoms with Crippen molar-refractivity contribution in [1.29, 1.82) is 0 Å². The van der Waals surface area contributed by atoms with Crippen molar-refractivity contribution in [3.63, 3.8) is 0 Å². The van der Waals surface area contributed by atoms with Crippen LogP contribution in [0.25, 0.3) is 0 Å². The Bertz CT molecular complexity index is 366.